The van der Waals surface area contributed by atoms with Crippen molar-refractivity contribution in [3.05, 3.63) is 78.4 Å². The van der Waals surface area contributed by atoms with E-state index in [1.165, 1.54) is 24.3 Å². The molecule has 0 saturated heterocycles. The van der Waals surface area contributed by atoms with Crippen LogP contribution in [-0.2, 0) is 0 Å². The van der Waals surface area contributed by atoms with E-state index in [4.69, 9.17) is 4.74 Å². The number of amides is 1. The van der Waals surface area contributed by atoms with Crippen molar-refractivity contribution in [1.82, 2.24) is 4.98 Å². The Balaban J connectivity index is 1.76. The number of para-hydroxylation sites is 2. The third kappa shape index (κ3) is 5.04. The zero-order chi connectivity index (χ0) is 19.2. The van der Waals surface area contributed by atoms with Crippen LogP contribution in [0.4, 0.5) is 21.5 Å². The van der Waals surface area contributed by atoms with E-state index >= 15 is 0 Å². The van der Waals surface area contributed by atoms with Gasteiger partial charge in [-0.3, -0.25) is 9.78 Å². The second kappa shape index (κ2) is 8.31. The van der Waals surface area contributed by atoms with E-state index < -0.39 is 0 Å². The Labute approximate surface area is 157 Å². The van der Waals surface area contributed by atoms with Gasteiger partial charge in [0, 0.05) is 17.6 Å². The first-order chi connectivity index (χ1) is 13.0. The molecule has 2 aromatic carbocycles. The summed E-state index contributed by atoms with van der Waals surface area (Å²) in [6.45, 7) is 3.92. The molecule has 138 valence electrons. The Morgan fingerprint density at radius 2 is 1.78 bits per heavy atom. The summed E-state index contributed by atoms with van der Waals surface area (Å²) in [4.78, 5) is 16.5. The number of carbonyl (C=O) groups excluding carboxylic acids is 1. The first-order valence-electron chi connectivity index (χ1n) is 8.57. The Hall–Kier alpha value is -3.41. The zero-order valence-corrected chi connectivity index (χ0v) is 15.1. The minimum absolute atomic E-state index is 0.0439. The van der Waals surface area contributed by atoms with Crippen molar-refractivity contribution in [3.63, 3.8) is 0 Å². The molecule has 0 spiro atoms. The number of hydrogen-bond acceptors (Lipinski definition) is 4. The minimum Gasteiger partial charge on any atom is -0.489 e. The van der Waals surface area contributed by atoms with Gasteiger partial charge in [0.2, 0.25) is 0 Å². The van der Waals surface area contributed by atoms with Crippen LogP contribution < -0.4 is 15.4 Å². The van der Waals surface area contributed by atoms with Gasteiger partial charge in [-0.25, -0.2) is 4.39 Å². The molecule has 0 fully saturated rings. The highest BCUT2D eigenvalue weighted by molar-refractivity contribution is 6.03. The fourth-order valence-electron chi connectivity index (χ4n) is 2.44. The molecule has 5 nitrogen and oxygen atoms in total. The number of aromatic nitrogens is 1. The van der Waals surface area contributed by atoms with Gasteiger partial charge < -0.3 is 15.4 Å². The summed E-state index contributed by atoms with van der Waals surface area (Å²) in [5.74, 6) is -0.0156. The predicted molar refractivity (Wildman–Crippen MR) is 104 cm³/mol. The highest BCUT2D eigenvalue weighted by atomic mass is 19.1. The molecular weight excluding hydrogens is 345 g/mol. The van der Waals surface area contributed by atoms with Crippen molar-refractivity contribution in [2.75, 3.05) is 10.6 Å². The maximum Gasteiger partial charge on any atom is 0.274 e. The van der Waals surface area contributed by atoms with Gasteiger partial charge in [0.15, 0.2) is 0 Å². The van der Waals surface area contributed by atoms with Crippen LogP contribution in [0.2, 0.25) is 0 Å². The number of nitrogens with zero attached hydrogens (tertiary/aromatic N) is 1. The highest BCUT2D eigenvalue weighted by Crippen LogP contribution is 2.28. The van der Waals surface area contributed by atoms with Gasteiger partial charge in [0.05, 0.1) is 11.8 Å². The van der Waals surface area contributed by atoms with Gasteiger partial charge in [-0.05, 0) is 62.4 Å². The first kappa shape index (κ1) is 18.4. The van der Waals surface area contributed by atoms with E-state index in [0.717, 1.165) is 11.4 Å². The van der Waals surface area contributed by atoms with Crippen molar-refractivity contribution in [2.24, 2.45) is 0 Å². The van der Waals surface area contributed by atoms with Crippen LogP contribution >= 0.6 is 0 Å². The topological polar surface area (TPSA) is 63.2 Å². The summed E-state index contributed by atoms with van der Waals surface area (Å²) >= 11 is 0. The molecule has 1 amide bonds. The Morgan fingerprint density at radius 3 is 2.52 bits per heavy atom. The SMILES string of the molecule is CC(C)Oc1ccccc1Nc1ccnc(C(=O)Nc2ccc(F)cc2)c1. The summed E-state index contributed by atoms with van der Waals surface area (Å²) in [6, 6.07) is 16.5. The van der Waals surface area contributed by atoms with Gasteiger partial charge >= 0.3 is 0 Å². The van der Waals surface area contributed by atoms with Gasteiger partial charge in [-0.1, -0.05) is 12.1 Å². The summed E-state index contributed by atoms with van der Waals surface area (Å²) in [7, 11) is 0. The highest BCUT2D eigenvalue weighted by Gasteiger charge is 2.10. The predicted octanol–water partition coefficient (Wildman–Crippen LogP) is 5.00. The van der Waals surface area contributed by atoms with E-state index in [0.29, 0.717) is 11.4 Å². The molecule has 1 heterocycles. The number of ether oxygens (including phenoxy) is 1. The third-order valence-corrected chi connectivity index (χ3v) is 3.62. The van der Waals surface area contributed by atoms with E-state index in [2.05, 4.69) is 15.6 Å². The van der Waals surface area contributed by atoms with Crippen molar-refractivity contribution in [2.45, 2.75) is 20.0 Å². The Kier molecular flexibility index (Phi) is 5.66. The van der Waals surface area contributed by atoms with E-state index in [1.54, 1.807) is 18.3 Å². The van der Waals surface area contributed by atoms with Crippen LogP contribution in [0.1, 0.15) is 24.3 Å². The first-order valence-corrected chi connectivity index (χ1v) is 8.57. The number of rotatable bonds is 6. The number of pyridine rings is 1. The van der Waals surface area contributed by atoms with Gasteiger partial charge in [0.25, 0.3) is 5.91 Å². The maximum atomic E-state index is 13.0. The molecule has 6 heteroatoms. The lowest BCUT2D eigenvalue weighted by molar-refractivity contribution is 0.102. The van der Waals surface area contributed by atoms with Crippen LogP contribution in [0.15, 0.2) is 66.9 Å². The molecule has 0 aliphatic heterocycles. The summed E-state index contributed by atoms with van der Waals surface area (Å²) in [6.07, 6.45) is 1.59. The molecule has 0 radical (unpaired) electrons. The summed E-state index contributed by atoms with van der Waals surface area (Å²) < 4.78 is 18.8. The molecule has 27 heavy (non-hydrogen) atoms. The number of halogens is 1. The van der Waals surface area contributed by atoms with Crippen molar-refractivity contribution >= 4 is 23.0 Å². The average Bonchev–Trinajstić information content (AvgIpc) is 2.65. The number of benzene rings is 2. The molecule has 0 saturated carbocycles. The number of anilines is 3. The number of nitrogens with one attached hydrogen (secondary N) is 2. The largest absolute Gasteiger partial charge is 0.489 e. The van der Waals surface area contributed by atoms with Gasteiger partial charge in [-0.15, -0.1) is 0 Å². The lowest BCUT2D eigenvalue weighted by Crippen LogP contribution is -2.14. The monoisotopic (exact) mass is 365 g/mol. The molecular formula is C21H20FN3O2. The van der Waals surface area contributed by atoms with E-state index in [9.17, 15) is 9.18 Å². The van der Waals surface area contributed by atoms with Crippen molar-refractivity contribution in [3.8, 4) is 5.75 Å². The fourth-order valence-corrected chi connectivity index (χ4v) is 2.44. The Morgan fingerprint density at radius 1 is 1.04 bits per heavy atom. The quantitative estimate of drug-likeness (QED) is 0.645. The van der Waals surface area contributed by atoms with Crippen LogP contribution in [0.25, 0.3) is 0 Å². The lowest BCUT2D eigenvalue weighted by Gasteiger charge is -2.15. The second-order valence-corrected chi connectivity index (χ2v) is 6.18. The van der Waals surface area contributed by atoms with E-state index in [1.807, 2.05) is 38.1 Å². The maximum absolute atomic E-state index is 13.0. The molecule has 3 aromatic rings. The lowest BCUT2D eigenvalue weighted by atomic mass is 10.2. The smallest absolute Gasteiger partial charge is 0.274 e. The van der Waals surface area contributed by atoms with Crippen LogP contribution in [-0.4, -0.2) is 17.0 Å². The molecule has 3 rings (SSSR count). The Bertz CT molecular complexity index is 927. The molecule has 1 aromatic heterocycles. The van der Waals surface area contributed by atoms with E-state index in [-0.39, 0.29) is 23.5 Å². The molecule has 0 unspecified atom stereocenters. The minimum atomic E-state index is -0.378. The number of carbonyl (C=O) groups is 1. The van der Waals surface area contributed by atoms with Crippen molar-refractivity contribution in [1.29, 1.82) is 0 Å². The van der Waals surface area contributed by atoms with Gasteiger partial charge in [0.1, 0.15) is 17.3 Å². The zero-order valence-electron chi connectivity index (χ0n) is 15.1. The number of hydrogen-bond donors (Lipinski definition) is 2. The van der Waals surface area contributed by atoms with Crippen LogP contribution in [0, 0.1) is 5.82 Å². The van der Waals surface area contributed by atoms with Crippen LogP contribution in [0.3, 0.4) is 0 Å². The summed E-state index contributed by atoms with van der Waals surface area (Å²) in [5.41, 5.74) is 2.24. The molecule has 0 atom stereocenters. The van der Waals surface area contributed by atoms with Crippen LogP contribution in [0.5, 0.6) is 5.75 Å². The molecule has 0 aliphatic carbocycles. The molecule has 0 aliphatic rings. The molecule has 2 N–H and O–H groups in total. The standard InChI is InChI=1S/C21H20FN3O2/c1-14(2)27-20-6-4-3-5-18(20)24-17-11-12-23-19(13-17)21(26)25-16-9-7-15(22)8-10-16/h3-14H,1-2H3,(H,23,24)(H,25,26). The third-order valence-electron chi connectivity index (χ3n) is 3.62. The average molecular weight is 365 g/mol. The normalized spacial score (nSPS) is 10.5. The fraction of sp³-hybridized carbons (Fsp3) is 0.143. The molecule has 0 bridgehead atoms. The second-order valence-electron chi connectivity index (χ2n) is 6.18. The summed E-state index contributed by atoms with van der Waals surface area (Å²) in [5, 5.41) is 5.94. The van der Waals surface area contributed by atoms with Gasteiger partial charge in [-0.2, -0.15) is 0 Å². The van der Waals surface area contributed by atoms with Crippen molar-refractivity contribution < 1.29 is 13.9 Å².